The molecule has 0 fully saturated rings. The Morgan fingerprint density at radius 2 is 1.75 bits per heavy atom. The second-order valence-corrected chi connectivity index (χ2v) is 3.35. The topological polar surface area (TPSA) is 35.2 Å². The average molecular weight is 217 g/mol. The molecule has 0 spiro atoms. The lowest BCUT2D eigenvalue weighted by Gasteiger charge is -2.10. The minimum atomic E-state index is -0.396. The van der Waals surface area contributed by atoms with Crippen molar-refractivity contribution in [3.63, 3.8) is 0 Å². The quantitative estimate of drug-likeness (QED) is 0.857. The van der Waals surface area contributed by atoms with E-state index in [-0.39, 0.29) is 12.3 Å². The summed E-state index contributed by atoms with van der Waals surface area (Å²) < 4.78 is 19.0. The summed E-state index contributed by atoms with van der Waals surface area (Å²) >= 11 is 0. The highest BCUT2D eigenvalue weighted by atomic mass is 19.1. The van der Waals surface area contributed by atoms with Gasteiger partial charge in [0.15, 0.2) is 11.6 Å². The first-order valence-electron chi connectivity index (χ1n) is 5.01. The van der Waals surface area contributed by atoms with Crippen LogP contribution in [-0.4, -0.2) is 0 Å². The summed E-state index contributed by atoms with van der Waals surface area (Å²) in [7, 11) is 0. The van der Waals surface area contributed by atoms with Crippen molar-refractivity contribution in [2.24, 2.45) is 5.73 Å². The first kappa shape index (κ1) is 10.6. The van der Waals surface area contributed by atoms with Crippen LogP contribution in [0, 0.1) is 5.82 Å². The Morgan fingerprint density at radius 1 is 1.00 bits per heavy atom. The number of rotatable bonds is 3. The first-order valence-corrected chi connectivity index (χ1v) is 5.01. The van der Waals surface area contributed by atoms with E-state index in [1.807, 2.05) is 18.2 Å². The van der Waals surface area contributed by atoms with Gasteiger partial charge in [0.1, 0.15) is 5.75 Å². The summed E-state index contributed by atoms with van der Waals surface area (Å²) in [4.78, 5) is 0. The van der Waals surface area contributed by atoms with Crippen molar-refractivity contribution in [2.75, 3.05) is 0 Å². The van der Waals surface area contributed by atoms with Gasteiger partial charge in [0.2, 0.25) is 0 Å². The van der Waals surface area contributed by atoms with Gasteiger partial charge in [-0.3, -0.25) is 0 Å². The van der Waals surface area contributed by atoms with Gasteiger partial charge in [-0.15, -0.1) is 0 Å². The summed E-state index contributed by atoms with van der Waals surface area (Å²) in [6, 6.07) is 13.8. The molecule has 2 N–H and O–H groups in total. The van der Waals surface area contributed by atoms with E-state index in [1.165, 1.54) is 6.07 Å². The normalized spacial score (nSPS) is 10.1. The fourth-order valence-corrected chi connectivity index (χ4v) is 1.43. The number of halogens is 1. The summed E-state index contributed by atoms with van der Waals surface area (Å²) in [6.45, 7) is 0.250. The molecule has 2 rings (SSSR count). The van der Waals surface area contributed by atoms with Crippen molar-refractivity contribution < 1.29 is 9.13 Å². The third-order valence-corrected chi connectivity index (χ3v) is 2.23. The Balaban J connectivity index is 2.34. The van der Waals surface area contributed by atoms with Crippen molar-refractivity contribution in [3.8, 4) is 11.5 Å². The molecule has 0 saturated carbocycles. The van der Waals surface area contributed by atoms with Gasteiger partial charge in [-0.25, -0.2) is 4.39 Å². The van der Waals surface area contributed by atoms with Gasteiger partial charge in [-0.2, -0.15) is 0 Å². The molecule has 0 unspecified atom stereocenters. The van der Waals surface area contributed by atoms with Crippen LogP contribution in [0.1, 0.15) is 5.56 Å². The van der Waals surface area contributed by atoms with E-state index in [4.69, 9.17) is 10.5 Å². The third kappa shape index (κ3) is 2.20. The number of ether oxygens (including phenoxy) is 1. The monoisotopic (exact) mass is 217 g/mol. The Hall–Kier alpha value is -1.87. The number of hydrogen-bond acceptors (Lipinski definition) is 2. The van der Waals surface area contributed by atoms with E-state index in [2.05, 4.69) is 0 Å². The summed E-state index contributed by atoms with van der Waals surface area (Å²) in [6.07, 6.45) is 0. The van der Waals surface area contributed by atoms with E-state index in [1.54, 1.807) is 24.3 Å². The molecule has 0 bridgehead atoms. The van der Waals surface area contributed by atoms with Crippen LogP contribution in [-0.2, 0) is 6.54 Å². The molecular formula is C13H12FNO. The van der Waals surface area contributed by atoms with Gasteiger partial charge in [-0.1, -0.05) is 30.3 Å². The SMILES string of the molecule is NCc1cccc(F)c1Oc1ccccc1. The smallest absolute Gasteiger partial charge is 0.167 e. The molecule has 16 heavy (non-hydrogen) atoms. The molecule has 3 heteroatoms. The van der Waals surface area contributed by atoms with Gasteiger partial charge in [0, 0.05) is 12.1 Å². The molecule has 2 aromatic rings. The number of nitrogens with two attached hydrogens (primary N) is 1. The van der Waals surface area contributed by atoms with Crippen LogP contribution in [0.2, 0.25) is 0 Å². The van der Waals surface area contributed by atoms with Crippen LogP contribution in [0.5, 0.6) is 11.5 Å². The maximum Gasteiger partial charge on any atom is 0.167 e. The maximum absolute atomic E-state index is 13.5. The molecule has 0 radical (unpaired) electrons. The molecule has 0 saturated heterocycles. The van der Waals surface area contributed by atoms with Gasteiger partial charge in [0.25, 0.3) is 0 Å². The van der Waals surface area contributed by atoms with Crippen LogP contribution in [0.4, 0.5) is 4.39 Å². The van der Waals surface area contributed by atoms with Gasteiger partial charge in [-0.05, 0) is 18.2 Å². The second kappa shape index (κ2) is 4.77. The van der Waals surface area contributed by atoms with Gasteiger partial charge >= 0.3 is 0 Å². The Labute approximate surface area is 93.5 Å². The van der Waals surface area contributed by atoms with E-state index < -0.39 is 5.82 Å². The maximum atomic E-state index is 13.5. The van der Waals surface area contributed by atoms with Crippen molar-refractivity contribution in [2.45, 2.75) is 6.54 Å². The Bertz CT molecular complexity index is 471. The van der Waals surface area contributed by atoms with Crippen LogP contribution >= 0.6 is 0 Å². The lowest BCUT2D eigenvalue weighted by molar-refractivity contribution is 0.436. The zero-order valence-electron chi connectivity index (χ0n) is 8.69. The van der Waals surface area contributed by atoms with Gasteiger partial charge < -0.3 is 10.5 Å². The van der Waals surface area contributed by atoms with Crippen LogP contribution < -0.4 is 10.5 Å². The number of para-hydroxylation sites is 2. The molecule has 0 aliphatic rings. The largest absolute Gasteiger partial charge is 0.454 e. The van der Waals surface area contributed by atoms with E-state index >= 15 is 0 Å². The standard InChI is InChI=1S/C13H12FNO/c14-12-8-4-5-10(9-15)13(12)16-11-6-2-1-3-7-11/h1-8H,9,15H2. The van der Waals surface area contributed by atoms with Crippen molar-refractivity contribution in [3.05, 3.63) is 59.9 Å². The molecule has 0 aromatic heterocycles. The lowest BCUT2D eigenvalue weighted by Crippen LogP contribution is -2.01. The number of hydrogen-bond donors (Lipinski definition) is 1. The highest BCUT2D eigenvalue weighted by Crippen LogP contribution is 2.27. The molecule has 0 atom stereocenters. The third-order valence-electron chi connectivity index (χ3n) is 2.23. The van der Waals surface area contributed by atoms with E-state index in [0.717, 1.165) is 0 Å². The molecule has 2 aromatic carbocycles. The fraction of sp³-hybridized carbons (Fsp3) is 0.0769. The average Bonchev–Trinajstić information content (AvgIpc) is 2.33. The van der Waals surface area contributed by atoms with Crippen LogP contribution in [0.15, 0.2) is 48.5 Å². The predicted molar refractivity (Wildman–Crippen MR) is 60.8 cm³/mol. The molecule has 0 amide bonds. The van der Waals surface area contributed by atoms with Crippen molar-refractivity contribution in [1.29, 1.82) is 0 Å². The zero-order valence-corrected chi connectivity index (χ0v) is 8.69. The van der Waals surface area contributed by atoms with Crippen molar-refractivity contribution >= 4 is 0 Å². The highest BCUT2D eigenvalue weighted by molar-refractivity contribution is 5.38. The molecule has 82 valence electrons. The second-order valence-electron chi connectivity index (χ2n) is 3.35. The van der Waals surface area contributed by atoms with E-state index in [0.29, 0.717) is 11.3 Å². The zero-order chi connectivity index (χ0) is 11.4. The predicted octanol–water partition coefficient (Wildman–Crippen LogP) is 3.08. The van der Waals surface area contributed by atoms with Gasteiger partial charge in [0.05, 0.1) is 0 Å². The minimum Gasteiger partial charge on any atom is -0.454 e. The molecule has 0 aliphatic heterocycles. The molecule has 0 aliphatic carbocycles. The van der Waals surface area contributed by atoms with E-state index in [9.17, 15) is 4.39 Å². The Morgan fingerprint density at radius 3 is 2.44 bits per heavy atom. The van der Waals surface area contributed by atoms with Crippen LogP contribution in [0.25, 0.3) is 0 Å². The minimum absolute atomic E-state index is 0.205. The Kier molecular flexibility index (Phi) is 3.17. The molecule has 0 heterocycles. The molecule has 2 nitrogen and oxygen atoms in total. The summed E-state index contributed by atoms with van der Waals surface area (Å²) in [5, 5.41) is 0. The lowest BCUT2D eigenvalue weighted by atomic mass is 10.2. The fourth-order valence-electron chi connectivity index (χ4n) is 1.43. The molecular weight excluding hydrogens is 205 g/mol. The summed E-state index contributed by atoms with van der Waals surface area (Å²) in [5.41, 5.74) is 6.18. The number of benzene rings is 2. The first-order chi connectivity index (χ1) is 7.81. The van der Waals surface area contributed by atoms with Crippen molar-refractivity contribution in [1.82, 2.24) is 0 Å². The highest BCUT2D eigenvalue weighted by Gasteiger charge is 2.09. The summed E-state index contributed by atoms with van der Waals surface area (Å²) in [5.74, 6) is 0.408. The van der Waals surface area contributed by atoms with Crippen LogP contribution in [0.3, 0.4) is 0 Å².